The van der Waals surface area contributed by atoms with E-state index in [4.69, 9.17) is 16.3 Å². The molecule has 1 N–H and O–H groups in total. The van der Waals surface area contributed by atoms with E-state index in [1.165, 1.54) is 50.0 Å². The van der Waals surface area contributed by atoms with E-state index in [0.29, 0.717) is 0 Å². The van der Waals surface area contributed by atoms with E-state index >= 15 is 0 Å². The Labute approximate surface area is 229 Å². The lowest BCUT2D eigenvalue weighted by molar-refractivity contribution is 0.249. The Morgan fingerprint density at radius 2 is 1.61 bits per heavy atom. The number of H-pyrrole nitrogens is 1. The molecule has 2 heterocycles. The zero-order chi connectivity index (χ0) is 26.1. The number of para-hydroxylation sites is 2. The predicted octanol–water partition coefficient (Wildman–Crippen LogP) is 7.79. The maximum Gasteiger partial charge on any atom is 0.142 e. The van der Waals surface area contributed by atoms with Gasteiger partial charge in [0.05, 0.1) is 18.5 Å². The summed E-state index contributed by atoms with van der Waals surface area (Å²) in [7, 11) is 1.75. The Balaban J connectivity index is 1.28. The zero-order valence-electron chi connectivity index (χ0n) is 21.9. The number of fused-ring (bicyclic) bond motifs is 1. The molecule has 4 aromatic carbocycles. The number of halogens is 1. The van der Waals surface area contributed by atoms with Gasteiger partial charge in [-0.15, -0.1) is 0 Å². The van der Waals surface area contributed by atoms with Gasteiger partial charge in [0, 0.05) is 49.5 Å². The Morgan fingerprint density at radius 1 is 0.816 bits per heavy atom. The molecule has 0 saturated carbocycles. The Hall–Kier alpha value is -3.73. The minimum atomic E-state index is 0.755. The van der Waals surface area contributed by atoms with Gasteiger partial charge in [-0.1, -0.05) is 66.2 Å². The molecule has 0 amide bonds. The molecule has 0 spiro atoms. The maximum atomic E-state index is 6.16. The Bertz CT molecular complexity index is 1570. The van der Waals surface area contributed by atoms with Crippen LogP contribution in [0.2, 0.25) is 5.02 Å². The number of piperazine rings is 1. The molecule has 0 radical (unpaired) electrons. The molecule has 1 fully saturated rings. The van der Waals surface area contributed by atoms with Gasteiger partial charge in [0.15, 0.2) is 0 Å². The van der Waals surface area contributed by atoms with E-state index in [2.05, 4.69) is 88.6 Å². The van der Waals surface area contributed by atoms with Crippen molar-refractivity contribution >= 4 is 28.1 Å². The SMILES string of the molecule is COc1ccccc1N1CCN(Cc2cc[nH]c2-c2c(C)ccc3c(-c4ccc(Cl)cc4)cccc23)CC1. The van der Waals surface area contributed by atoms with Crippen LogP contribution in [0, 0.1) is 6.92 Å². The number of aromatic amines is 1. The number of nitrogens with one attached hydrogen (secondary N) is 1. The van der Waals surface area contributed by atoms with Gasteiger partial charge in [-0.2, -0.15) is 0 Å². The summed E-state index contributed by atoms with van der Waals surface area (Å²) in [5.74, 6) is 0.943. The van der Waals surface area contributed by atoms with Crippen LogP contribution < -0.4 is 9.64 Å². The van der Waals surface area contributed by atoms with Gasteiger partial charge >= 0.3 is 0 Å². The lowest BCUT2D eigenvalue weighted by atomic mass is 9.91. The molecule has 1 aromatic heterocycles. The Morgan fingerprint density at radius 3 is 2.39 bits per heavy atom. The van der Waals surface area contributed by atoms with Crippen molar-refractivity contribution in [2.24, 2.45) is 0 Å². The summed E-state index contributed by atoms with van der Waals surface area (Å²) < 4.78 is 5.60. The fourth-order valence-corrected chi connectivity index (χ4v) is 5.85. The van der Waals surface area contributed by atoms with Crippen molar-refractivity contribution in [1.29, 1.82) is 0 Å². The van der Waals surface area contributed by atoms with E-state index in [1.807, 2.05) is 24.3 Å². The van der Waals surface area contributed by atoms with Crippen LogP contribution in [0.15, 0.2) is 91.1 Å². The first-order valence-corrected chi connectivity index (χ1v) is 13.6. The van der Waals surface area contributed by atoms with Crippen molar-refractivity contribution in [2.75, 3.05) is 38.2 Å². The molecule has 192 valence electrons. The fourth-order valence-electron chi connectivity index (χ4n) is 5.72. The van der Waals surface area contributed by atoms with Crippen molar-refractivity contribution in [3.8, 4) is 28.1 Å². The van der Waals surface area contributed by atoms with Crippen LogP contribution >= 0.6 is 11.6 Å². The van der Waals surface area contributed by atoms with Gasteiger partial charge in [-0.05, 0) is 70.3 Å². The molecule has 0 atom stereocenters. The number of ether oxygens (including phenoxy) is 1. The molecule has 0 aliphatic carbocycles. The second-order valence-corrected chi connectivity index (χ2v) is 10.4. The van der Waals surface area contributed by atoms with Crippen molar-refractivity contribution in [2.45, 2.75) is 13.5 Å². The highest BCUT2D eigenvalue weighted by atomic mass is 35.5. The van der Waals surface area contributed by atoms with Crippen LogP contribution in [-0.4, -0.2) is 43.2 Å². The van der Waals surface area contributed by atoms with Crippen LogP contribution in [0.5, 0.6) is 5.75 Å². The topological polar surface area (TPSA) is 31.5 Å². The predicted molar refractivity (Wildman–Crippen MR) is 159 cm³/mol. The van der Waals surface area contributed by atoms with Crippen LogP contribution in [-0.2, 0) is 6.54 Å². The van der Waals surface area contributed by atoms with Gasteiger partial charge in [-0.25, -0.2) is 0 Å². The first-order valence-electron chi connectivity index (χ1n) is 13.2. The second kappa shape index (κ2) is 10.6. The molecule has 1 saturated heterocycles. The lowest BCUT2D eigenvalue weighted by Gasteiger charge is -2.36. The van der Waals surface area contributed by atoms with Crippen molar-refractivity contribution in [3.05, 3.63) is 107 Å². The van der Waals surface area contributed by atoms with Crippen molar-refractivity contribution < 1.29 is 4.74 Å². The van der Waals surface area contributed by atoms with E-state index < -0.39 is 0 Å². The van der Waals surface area contributed by atoms with Crippen LogP contribution in [0.3, 0.4) is 0 Å². The highest BCUT2D eigenvalue weighted by Gasteiger charge is 2.22. The monoisotopic (exact) mass is 521 g/mol. The van der Waals surface area contributed by atoms with E-state index in [9.17, 15) is 0 Å². The molecular weight excluding hydrogens is 490 g/mol. The number of aromatic nitrogens is 1. The number of hydrogen-bond acceptors (Lipinski definition) is 3. The molecule has 0 bridgehead atoms. The number of anilines is 1. The van der Waals surface area contributed by atoms with E-state index in [-0.39, 0.29) is 0 Å². The molecule has 6 rings (SSSR count). The number of aryl methyl sites for hydroxylation is 1. The summed E-state index contributed by atoms with van der Waals surface area (Å²) in [4.78, 5) is 8.57. The number of benzene rings is 4. The third-order valence-corrected chi connectivity index (χ3v) is 7.95. The number of nitrogens with zero attached hydrogens (tertiary/aromatic N) is 2. The second-order valence-electron chi connectivity index (χ2n) is 9.98. The molecule has 0 unspecified atom stereocenters. The summed E-state index contributed by atoms with van der Waals surface area (Å²) in [5, 5.41) is 3.27. The average molecular weight is 522 g/mol. The van der Waals surface area contributed by atoms with Gasteiger partial charge in [0.2, 0.25) is 0 Å². The number of rotatable bonds is 6. The van der Waals surface area contributed by atoms with Crippen LogP contribution in [0.25, 0.3) is 33.2 Å². The summed E-state index contributed by atoms with van der Waals surface area (Å²) in [6.07, 6.45) is 2.08. The highest BCUT2D eigenvalue weighted by molar-refractivity contribution is 6.30. The zero-order valence-corrected chi connectivity index (χ0v) is 22.6. The third-order valence-electron chi connectivity index (χ3n) is 7.70. The molecule has 4 nitrogen and oxygen atoms in total. The summed E-state index contributed by atoms with van der Waals surface area (Å²) in [6.45, 7) is 7.12. The lowest BCUT2D eigenvalue weighted by Crippen LogP contribution is -2.46. The van der Waals surface area contributed by atoms with Gasteiger partial charge in [0.25, 0.3) is 0 Å². The minimum absolute atomic E-state index is 0.755. The molecule has 5 heteroatoms. The number of hydrogen-bond donors (Lipinski definition) is 1. The Kier molecular flexibility index (Phi) is 6.84. The maximum absolute atomic E-state index is 6.16. The average Bonchev–Trinajstić information content (AvgIpc) is 3.41. The van der Waals surface area contributed by atoms with Crippen molar-refractivity contribution in [3.63, 3.8) is 0 Å². The van der Waals surface area contributed by atoms with Crippen LogP contribution in [0.4, 0.5) is 5.69 Å². The smallest absolute Gasteiger partial charge is 0.142 e. The largest absolute Gasteiger partial charge is 0.495 e. The molecule has 1 aliphatic heterocycles. The standard InChI is InChI=1S/C33H32ClN3O/c1-23-10-15-28-27(24-11-13-26(34)14-12-24)6-5-7-29(28)32(23)33-25(16-17-35-33)22-36-18-20-37(21-19-36)30-8-3-4-9-31(30)38-2/h3-17,35H,18-22H2,1-2H3. The summed E-state index contributed by atoms with van der Waals surface area (Å²) in [5.41, 5.74) is 8.69. The van der Waals surface area contributed by atoms with Gasteiger partial charge < -0.3 is 14.6 Å². The molecular formula is C33H32ClN3O. The summed E-state index contributed by atoms with van der Waals surface area (Å²) in [6, 6.07) is 29.8. The first-order chi connectivity index (χ1) is 18.6. The molecule has 5 aromatic rings. The normalized spacial score (nSPS) is 14.2. The van der Waals surface area contributed by atoms with E-state index in [1.54, 1.807) is 7.11 Å². The molecule has 38 heavy (non-hydrogen) atoms. The first kappa shape index (κ1) is 24.6. The van der Waals surface area contributed by atoms with Crippen molar-refractivity contribution in [1.82, 2.24) is 9.88 Å². The third kappa shape index (κ3) is 4.66. The van der Waals surface area contributed by atoms with E-state index in [0.717, 1.165) is 43.5 Å². The molecule has 1 aliphatic rings. The van der Waals surface area contributed by atoms with Crippen LogP contribution in [0.1, 0.15) is 11.1 Å². The fraction of sp³-hybridized carbons (Fsp3) is 0.212. The van der Waals surface area contributed by atoms with Gasteiger partial charge in [-0.3, -0.25) is 4.90 Å². The quantitative estimate of drug-likeness (QED) is 0.247. The highest BCUT2D eigenvalue weighted by Crippen LogP contribution is 2.38. The summed E-state index contributed by atoms with van der Waals surface area (Å²) >= 11 is 6.16. The van der Waals surface area contributed by atoms with Gasteiger partial charge in [0.1, 0.15) is 5.75 Å². The minimum Gasteiger partial charge on any atom is -0.495 e. The number of methoxy groups -OCH3 is 1.